The lowest BCUT2D eigenvalue weighted by atomic mass is 10.2. The molecule has 18 heavy (non-hydrogen) atoms. The maximum atomic E-state index is 12.0. The lowest BCUT2D eigenvalue weighted by Crippen LogP contribution is -2.13. The van der Waals surface area contributed by atoms with E-state index in [4.69, 9.17) is 0 Å². The molecule has 0 saturated carbocycles. The Bertz CT molecular complexity index is 528. The summed E-state index contributed by atoms with van der Waals surface area (Å²) in [5, 5.41) is 2.93. The van der Waals surface area contributed by atoms with E-state index in [0.717, 1.165) is 17.0 Å². The molecular formula is C14H14N2OS. The van der Waals surface area contributed by atoms with Gasteiger partial charge < -0.3 is 5.32 Å². The highest BCUT2D eigenvalue weighted by Gasteiger charge is 2.07. The average Bonchev–Trinajstić information content (AvgIpc) is 2.42. The van der Waals surface area contributed by atoms with E-state index in [-0.39, 0.29) is 5.91 Å². The molecule has 0 aliphatic rings. The average molecular weight is 258 g/mol. The second kappa shape index (κ2) is 6.21. The summed E-state index contributed by atoms with van der Waals surface area (Å²) >= 11 is 1.73. The number of pyridine rings is 1. The number of para-hydroxylation sites is 1. The van der Waals surface area contributed by atoms with Gasteiger partial charge in [0.1, 0.15) is 0 Å². The van der Waals surface area contributed by atoms with Crippen LogP contribution >= 0.6 is 11.8 Å². The number of hydrogen-bond acceptors (Lipinski definition) is 3. The molecule has 0 aliphatic carbocycles. The van der Waals surface area contributed by atoms with Gasteiger partial charge in [0.2, 0.25) is 0 Å². The highest BCUT2D eigenvalue weighted by molar-refractivity contribution is 7.97. The molecule has 0 unspecified atom stereocenters. The summed E-state index contributed by atoms with van der Waals surface area (Å²) in [7, 11) is 0. The third-order valence-corrected chi connectivity index (χ3v) is 3.11. The zero-order valence-electron chi connectivity index (χ0n) is 10.1. The molecule has 2 rings (SSSR count). The Labute approximate surface area is 111 Å². The normalized spacial score (nSPS) is 10.1. The zero-order valence-corrected chi connectivity index (χ0v) is 10.9. The molecule has 4 heteroatoms. The van der Waals surface area contributed by atoms with E-state index in [1.54, 1.807) is 36.3 Å². The Morgan fingerprint density at radius 3 is 2.67 bits per heavy atom. The molecule has 0 atom stereocenters. The molecule has 3 nitrogen and oxygen atoms in total. The van der Waals surface area contributed by atoms with Gasteiger partial charge in [0.05, 0.1) is 0 Å². The van der Waals surface area contributed by atoms with Crippen LogP contribution in [0.15, 0.2) is 48.8 Å². The number of amides is 1. The molecule has 1 heterocycles. The number of nitrogens with one attached hydrogen (secondary N) is 1. The second-order valence-electron chi connectivity index (χ2n) is 3.78. The van der Waals surface area contributed by atoms with E-state index in [1.807, 2.05) is 30.5 Å². The molecule has 0 saturated heterocycles. The van der Waals surface area contributed by atoms with Gasteiger partial charge in [-0.25, -0.2) is 0 Å². The molecule has 1 aromatic carbocycles. The van der Waals surface area contributed by atoms with Crippen LogP contribution in [0.2, 0.25) is 0 Å². The number of aromatic nitrogens is 1. The predicted octanol–water partition coefficient (Wildman–Crippen LogP) is 3.20. The molecule has 1 amide bonds. The van der Waals surface area contributed by atoms with Gasteiger partial charge in [-0.2, -0.15) is 11.8 Å². The first-order chi connectivity index (χ1) is 8.81. The summed E-state index contributed by atoms with van der Waals surface area (Å²) in [6.45, 7) is 0. The third kappa shape index (κ3) is 3.11. The summed E-state index contributed by atoms with van der Waals surface area (Å²) in [4.78, 5) is 15.9. The van der Waals surface area contributed by atoms with Crippen molar-refractivity contribution >= 4 is 23.4 Å². The van der Waals surface area contributed by atoms with E-state index in [2.05, 4.69) is 10.3 Å². The van der Waals surface area contributed by atoms with Crippen LogP contribution < -0.4 is 5.32 Å². The fourth-order valence-electron chi connectivity index (χ4n) is 1.62. The number of nitrogens with zero attached hydrogens (tertiary/aromatic N) is 1. The van der Waals surface area contributed by atoms with Gasteiger partial charge >= 0.3 is 0 Å². The van der Waals surface area contributed by atoms with Crippen molar-refractivity contribution in [1.82, 2.24) is 4.98 Å². The van der Waals surface area contributed by atoms with Crippen molar-refractivity contribution in [2.75, 3.05) is 11.6 Å². The van der Waals surface area contributed by atoms with E-state index in [1.165, 1.54) is 0 Å². The van der Waals surface area contributed by atoms with Gasteiger partial charge in [-0.1, -0.05) is 18.2 Å². The predicted molar refractivity (Wildman–Crippen MR) is 75.9 cm³/mol. The lowest BCUT2D eigenvalue weighted by molar-refractivity contribution is 0.102. The summed E-state index contributed by atoms with van der Waals surface area (Å²) in [6.07, 6.45) is 5.27. The molecule has 1 N–H and O–H groups in total. The van der Waals surface area contributed by atoms with E-state index in [9.17, 15) is 4.79 Å². The topological polar surface area (TPSA) is 42.0 Å². The van der Waals surface area contributed by atoms with Crippen molar-refractivity contribution < 1.29 is 4.79 Å². The fourth-order valence-corrected chi connectivity index (χ4v) is 2.18. The highest BCUT2D eigenvalue weighted by Crippen LogP contribution is 2.20. The van der Waals surface area contributed by atoms with Crippen LogP contribution in [0.5, 0.6) is 0 Å². The molecule has 2 aromatic rings. The molecule has 92 valence electrons. The van der Waals surface area contributed by atoms with Crippen LogP contribution in [0.4, 0.5) is 5.69 Å². The third-order valence-electron chi connectivity index (χ3n) is 2.51. The molecule has 0 spiro atoms. The fraction of sp³-hybridized carbons (Fsp3) is 0.143. The molecule has 1 aromatic heterocycles. The van der Waals surface area contributed by atoms with Crippen LogP contribution in [0, 0.1) is 0 Å². The van der Waals surface area contributed by atoms with Crippen LogP contribution in [0.3, 0.4) is 0 Å². The van der Waals surface area contributed by atoms with Crippen molar-refractivity contribution in [1.29, 1.82) is 0 Å². The van der Waals surface area contributed by atoms with E-state index < -0.39 is 0 Å². The molecule has 0 aliphatic heterocycles. The maximum absolute atomic E-state index is 12.0. The summed E-state index contributed by atoms with van der Waals surface area (Å²) in [5.74, 6) is 0.776. The number of thioether (sulfide) groups is 1. The molecule has 0 fully saturated rings. The van der Waals surface area contributed by atoms with Gasteiger partial charge in [0, 0.05) is 29.4 Å². The molecular weight excluding hydrogens is 244 g/mol. The number of anilines is 1. The van der Waals surface area contributed by atoms with Crippen molar-refractivity contribution in [3.05, 3.63) is 59.9 Å². The van der Waals surface area contributed by atoms with E-state index >= 15 is 0 Å². The van der Waals surface area contributed by atoms with Gasteiger partial charge in [-0.3, -0.25) is 9.78 Å². The van der Waals surface area contributed by atoms with Crippen LogP contribution in [0.1, 0.15) is 15.9 Å². The Balaban J connectivity index is 2.17. The Morgan fingerprint density at radius 1 is 1.22 bits per heavy atom. The monoisotopic (exact) mass is 258 g/mol. The summed E-state index contributed by atoms with van der Waals surface area (Å²) < 4.78 is 0. The Kier molecular flexibility index (Phi) is 4.36. The first kappa shape index (κ1) is 12.6. The standard InChI is InChI=1S/C14H14N2OS/c1-18-10-12-4-2-3-5-13(12)16-14(17)11-6-8-15-9-7-11/h2-9H,10H2,1H3,(H,16,17). The summed E-state index contributed by atoms with van der Waals surface area (Å²) in [5.41, 5.74) is 2.62. The zero-order chi connectivity index (χ0) is 12.8. The second-order valence-corrected chi connectivity index (χ2v) is 4.65. The van der Waals surface area contributed by atoms with Crippen LogP contribution in [-0.4, -0.2) is 17.1 Å². The highest BCUT2D eigenvalue weighted by atomic mass is 32.2. The largest absolute Gasteiger partial charge is 0.322 e. The van der Waals surface area contributed by atoms with Crippen LogP contribution in [0.25, 0.3) is 0 Å². The van der Waals surface area contributed by atoms with Crippen molar-refractivity contribution in [3.8, 4) is 0 Å². The van der Waals surface area contributed by atoms with Crippen molar-refractivity contribution in [2.45, 2.75) is 5.75 Å². The van der Waals surface area contributed by atoms with Gasteiger partial charge in [0.15, 0.2) is 0 Å². The minimum atomic E-state index is -0.106. The van der Waals surface area contributed by atoms with Crippen molar-refractivity contribution in [3.63, 3.8) is 0 Å². The van der Waals surface area contributed by atoms with Gasteiger partial charge in [-0.15, -0.1) is 0 Å². The number of carbonyl (C=O) groups excluding carboxylic acids is 1. The number of benzene rings is 1. The SMILES string of the molecule is CSCc1ccccc1NC(=O)c1ccncc1. The quantitative estimate of drug-likeness (QED) is 0.915. The number of rotatable bonds is 4. The summed E-state index contributed by atoms with van der Waals surface area (Å²) in [6, 6.07) is 11.3. The smallest absolute Gasteiger partial charge is 0.255 e. The first-order valence-electron chi connectivity index (χ1n) is 5.59. The number of hydrogen-bond donors (Lipinski definition) is 1. The van der Waals surface area contributed by atoms with Gasteiger partial charge in [-0.05, 0) is 30.0 Å². The minimum Gasteiger partial charge on any atom is -0.322 e. The Morgan fingerprint density at radius 2 is 1.94 bits per heavy atom. The maximum Gasteiger partial charge on any atom is 0.255 e. The molecule has 0 radical (unpaired) electrons. The van der Waals surface area contributed by atoms with E-state index in [0.29, 0.717) is 5.56 Å². The molecule has 0 bridgehead atoms. The van der Waals surface area contributed by atoms with Crippen LogP contribution in [-0.2, 0) is 5.75 Å². The van der Waals surface area contributed by atoms with Gasteiger partial charge in [0.25, 0.3) is 5.91 Å². The number of carbonyl (C=O) groups is 1. The first-order valence-corrected chi connectivity index (χ1v) is 6.99. The lowest BCUT2D eigenvalue weighted by Gasteiger charge is -2.10. The Hall–Kier alpha value is -1.81. The minimum absolute atomic E-state index is 0.106. The van der Waals surface area contributed by atoms with Crippen molar-refractivity contribution in [2.24, 2.45) is 0 Å².